The molecule has 0 unspecified atom stereocenters. The Morgan fingerprint density at radius 2 is 1.94 bits per heavy atom. The number of nitrogens with one attached hydrogen (secondary N) is 1. The van der Waals surface area contributed by atoms with Gasteiger partial charge in [-0.15, -0.1) is 0 Å². The Morgan fingerprint density at radius 3 is 2.61 bits per heavy atom. The van der Waals surface area contributed by atoms with Crippen LogP contribution in [0.2, 0.25) is 0 Å². The van der Waals surface area contributed by atoms with Crippen molar-refractivity contribution in [2.75, 3.05) is 18.1 Å². The third-order valence-electron chi connectivity index (χ3n) is 5.71. The quantitative estimate of drug-likeness (QED) is 0.497. The van der Waals surface area contributed by atoms with Crippen LogP contribution in [0, 0.1) is 5.82 Å². The first-order valence-corrected chi connectivity index (χ1v) is 12.8. The number of halogens is 3. The van der Waals surface area contributed by atoms with Crippen molar-refractivity contribution in [1.29, 1.82) is 0 Å². The van der Waals surface area contributed by atoms with Gasteiger partial charge in [-0.1, -0.05) is 0 Å². The Balaban J connectivity index is 1.55. The van der Waals surface area contributed by atoms with Crippen molar-refractivity contribution in [3.05, 3.63) is 36.0 Å². The molecule has 0 saturated carbocycles. The normalized spacial score (nSPS) is 17.1. The van der Waals surface area contributed by atoms with E-state index in [-0.39, 0.29) is 40.5 Å². The summed E-state index contributed by atoms with van der Waals surface area (Å²) in [5.74, 6) is -5.02. The number of fused-ring (bicyclic) bond motifs is 1. The SMILES string of the molecule is Cn1c(C(=O)NC2(C)CCS(=O)(=O)CC2)nc2ccc(Oc3ncc(F)cc3OCC(C)(F)F)nc21. The molecule has 1 aliphatic heterocycles. The number of aryl methyl sites for hydroxylation is 1. The van der Waals surface area contributed by atoms with Crippen molar-refractivity contribution in [2.24, 2.45) is 7.05 Å². The molecule has 0 radical (unpaired) electrons. The Bertz CT molecular complexity index is 1410. The molecule has 194 valence electrons. The maximum absolute atomic E-state index is 13.6. The fraction of sp³-hybridized carbons (Fsp3) is 0.455. The van der Waals surface area contributed by atoms with Gasteiger partial charge in [0.25, 0.3) is 17.7 Å². The van der Waals surface area contributed by atoms with Crippen LogP contribution in [-0.2, 0) is 16.9 Å². The molecule has 3 aromatic rings. The molecule has 10 nitrogen and oxygen atoms in total. The summed E-state index contributed by atoms with van der Waals surface area (Å²) >= 11 is 0. The van der Waals surface area contributed by atoms with Crippen molar-refractivity contribution in [3.63, 3.8) is 0 Å². The lowest BCUT2D eigenvalue weighted by Crippen LogP contribution is -2.51. The van der Waals surface area contributed by atoms with E-state index >= 15 is 0 Å². The van der Waals surface area contributed by atoms with Gasteiger partial charge in [-0.25, -0.2) is 31.6 Å². The summed E-state index contributed by atoms with van der Waals surface area (Å²) in [5, 5.41) is 2.88. The van der Waals surface area contributed by atoms with Crippen molar-refractivity contribution in [2.45, 2.75) is 38.2 Å². The van der Waals surface area contributed by atoms with Crippen LogP contribution in [0.15, 0.2) is 24.4 Å². The molecule has 4 rings (SSSR count). The maximum atomic E-state index is 13.6. The summed E-state index contributed by atoms with van der Waals surface area (Å²) in [5.41, 5.74) is -0.0402. The van der Waals surface area contributed by atoms with Gasteiger partial charge in [0, 0.05) is 31.6 Å². The number of pyridine rings is 2. The molecule has 1 amide bonds. The minimum atomic E-state index is -3.16. The molecule has 0 atom stereocenters. The fourth-order valence-corrected chi connectivity index (χ4v) is 5.37. The molecule has 1 aliphatic rings. The lowest BCUT2D eigenvalue weighted by molar-refractivity contribution is -0.0236. The van der Waals surface area contributed by atoms with E-state index in [0.717, 1.165) is 12.3 Å². The smallest absolute Gasteiger partial charge is 0.287 e. The fourth-order valence-electron chi connectivity index (χ4n) is 3.64. The monoisotopic (exact) mass is 527 g/mol. The molecule has 36 heavy (non-hydrogen) atoms. The number of sulfone groups is 1. The highest BCUT2D eigenvalue weighted by Gasteiger charge is 2.35. The summed E-state index contributed by atoms with van der Waals surface area (Å²) in [4.78, 5) is 25.3. The first kappa shape index (κ1) is 25.7. The number of aromatic nitrogens is 4. The number of hydrogen-bond acceptors (Lipinski definition) is 8. The van der Waals surface area contributed by atoms with E-state index in [1.165, 1.54) is 16.7 Å². The van der Waals surface area contributed by atoms with Crippen LogP contribution in [0.5, 0.6) is 17.5 Å². The van der Waals surface area contributed by atoms with Crippen LogP contribution >= 0.6 is 0 Å². The Hall–Kier alpha value is -3.42. The summed E-state index contributed by atoms with van der Waals surface area (Å²) in [6.45, 7) is 1.44. The van der Waals surface area contributed by atoms with E-state index in [4.69, 9.17) is 9.47 Å². The second kappa shape index (κ2) is 9.22. The predicted octanol–water partition coefficient (Wildman–Crippen LogP) is 3.03. The summed E-state index contributed by atoms with van der Waals surface area (Å²) in [6, 6.07) is 3.83. The van der Waals surface area contributed by atoms with Gasteiger partial charge in [0.2, 0.25) is 11.7 Å². The van der Waals surface area contributed by atoms with Crippen molar-refractivity contribution < 1.29 is 35.9 Å². The standard InChI is InChI=1S/C22H24F3N5O5S/c1-21(6-8-36(32,33)9-7-21)29-19(31)18-27-14-4-5-16(28-17(14)30(18)3)35-20-15(10-13(23)11-26-20)34-12-22(2,24)25/h4-5,10-11H,6-9,12H2,1-3H3,(H,29,31). The van der Waals surface area contributed by atoms with E-state index < -0.39 is 39.6 Å². The number of amides is 1. The molecular formula is C22H24F3N5O5S. The average Bonchev–Trinajstić information content (AvgIpc) is 3.12. The lowest BCUT2D eigenvalue weighted by Gasteiger charge is -2.34. The number of carbonyl (C=O) groups is 1. The molecule has 0 bridgehead atoms. The average molecular weight is 528 g/mol. The Morgan fingerprint density at radius 1 is 1.25 bits per heavy atom. The summed E-state index contributed by atoms with van der Waals surface area (Å²) < 4.78 is 75.4. The topological polar surface area (TPSA) is 125 Å². The Kier molecular flexibility index (Phi) is 6.58. The lowest BCUT2D eigenvalue weighted by atomic mass is 9.95. The molecule has 0 spiro atoms. The minimum absolute atomic E-state index is 0.00635. The van der Waals surface area contributed by atoms with Crippen LogP contribution < -0.4 is 14.8 Å². The van der Waals surface area contributed by atoms with Gasteiger partial charge in [0.15, 0.2) is 18.0 Å². The second-order valence-corrected chi connectivity index (χ2v) is 11.4. The van der Waals surface area contributed by atoms with E-state index in [1.807, 2.05) is 0 Å². The van der Waals surface area contributed by atoms with Crippen molar-refractivity contribution in [3.8, 4) is 17.5 Å². The van der Waals surface area contributed by atoms with Gasteiger partial charge in [0.1, 0.15) is 21.2 Å². The molecule has 0 aliphatic carbocycles. The number of rotatable bonds is 7. The summed E-state index contributed by atoms with van der Waals surface area (Å²) in [6.07, 6.45) is 1.43. The summed E-state index contributed by atoms with van der Waals surface area (Å²) in [7, 11) is -1.53. The van der Waals surface area contributed by atoms with Crippen molar-refractivity contribution in [1.82, 2.24) is 24.8 Å². The van der Waals surface area contributed by atoms with Crippen molar-refractivity contribution >= 4 is 26.9 Å². The Labute approximate surface area is 204 Å². The van der Waals surface area contributed by atoms with Crippen LogP contribution in [0.3, 0.4) is 0 Å². The molecule has 3 aromatic heterocycles. The maximum Gasteiger partial charge on any atom is 0.287 e. The van der Waals surface area contributed by atoms with Crippen LogP contribution in [0.25, 0.3) is 11.2 Å². The van der Waals surface area contributed by atoms with Gasteiger partial charge >= 0.3 is 0 Å². The molecular weight excluding hydrogens is 503 g/mol. The largest absolute Gasteiger partial charge is 0.482 e. The minimum Gasteiger partial charge on any atom is -0.482 e. The first-order chi connectivity index (χ1) is 16.7. The highest BCUT2D eigenvalue weighted by Crippen LogP contribution is 2.31. The zero-order valence-electron chi connectivity index (χ0n) is 19.7. The van der Waals surface area contributed by atoms with E-state index in [1.54, 1.807) is 14.0 Å². The molecule has 0 aromatic carbocycles. The number of imidazole rings is 1. The molecule has 1 N–H and O–H groups in total. The third-order valence-corrected chi connectivity index (χ3v) is 7.36. The zero-order valence-corrected chi connectivity index (χ0v) is 20.5. The number of ether oxygens (including phenoxy) is 2. The highest BCUT2D eigenvalue weighted by atomic mass is 32.2. The molecule has 1 saturated heterocycles. The van der Waals surface area contributed by atoms with Gasteiger partial charge < -0.3 is 19.4 Å². The molecule has 4 heterocycles. The number of nitrogens with zero attached hydrogens (tertiary/aromatic N) is 4. The first-order valence-electron chi connectivity index (χ1n) is 10.9. The van der Waals surface area contributed by atoms with Gasteiger partial charge in [-0.3, -0.25) is 4.79 Å². The van der Waals surface area contributed by atoms with Crippen LogP contribution in [-0.4, -0.2) is 63.4 Å². The van der Waals surface area contributed by atoms with E-state index in [0.29, 0.717) is 25.3 Å². The number of carbonyl (C=O) groups excluding carboxylic acids is 1. The van der Waals surface area contributed by atoms with E-state index in [2.05, 4.69) is 20.3 Å². The molecule has 1 fully saturated rings. The predicted molar refractivity (Wildman–Crippen MR) is 123 cm³/mol. The van der Waals surface area contributed by atoms with Gasteiger partial charge in [-0.2, -0.15) is 4.98 Å². The third kappa shape index (κ3) is 5.86. The number of alkyl halides is 2. The van der Waals surface area contributed by atoms with Gasteiger partial charge in [0.05, 0.1) is 17.7 Å². The zero-order chi connectivity index (χ0) is 26.3. The highest BCUT2D eigenvalue weighted by molar-refractivity contribution is 7.91. The second-order valence-electron chi connectivity index (χ2n) is 9.07. The van der Waals surface area contributed by atoms with Gasteiger partial charge in [-0.05, 0) is 25.8 Å². The molecule has 14 heteroatoms. The van der Waals surface area contributed by atoms with E-state index in [9.17, 15) is 26.4 Å². The van der Waals surface area contributed by atoms with Crippen LogP contribution in [0.1, 0.15) is 37.3 Å². The van der Waals surface area contributed by atoms with Crippen LogP contribution in [0.4, 0.5) is 13.2 Å². The number of hydrogen-bond donors (Lipinski definition) is 1.